The first kappa shape index (κ1) is 19.9. The van der Waals surface area contributed by atoms with Gasteiger partial charge in [0.25, 0.3) is 0 Å². The third-order valence-corrected chi connectivity index (χ3v) is 4.77. The van der Waals surface area contributed by atoms with Crippen LogP contribution in [0.4, 0.5) is 22.4 Å². The highest BCUT2D eigenvalue weighted by Gasteiger charge is 2.46. The molecule has 1 fully saturated rings. The summed E-state index contributed by atoms with van der Waals surface area (Å²) < 4.78 is 63.7. The zero-order valence-corrected chi connectivity index (χ0v) is 15.5. The second-order valence-electron chi connectivity index (χ2n) is 6.87. The molecular weight excluding hydrogens is 410 g/mol. The first-order chi connectivity index (χ1) is 14.1. The van der Waals surface area contributed by atoms with Gasteiger partial charge in [-0.3, -0.25) is 14.7 Å². The van der Waals surface area contributed by atoms with Crippen molar-refractivity contribution in [2.45, 2.75) is 32.0 Å². The summed E-state index contributed by atoms with van der Waals surface area (Å²) in [4.78, 5) is 27.9. The number of hydrogen-bond donors (Lipinski definition) is 1. The number of alkyl halides is 3. The van der Waals surface area contributed by atoms with E-state index in [1.807, 2.05) is 0 Å². The molecule has 2 aliphatic heterocycles. The minimum atomic E-state index is -4.60. The number of cyclic esters (lactones) is 1. The minimum absolute atomic E-state index is 0.0272. The standard InChI is InChI=1S/C19H15F4N3O4/c1-9(27)24-7-15-17-26(18(28)30-15)8-11-4-12(13(20)5-14(11)29-17)10-2-3-16(25-6-10)19(21,22)23/h2-6,15,17H,7-8H2,1H3,(H,24,27)/t15-,17-/m0/s1. The van der Waals surface area contributed by atoms with E-state index in [0.29, 0.717) is 5.56 Å². The summed E-state index contributed by atoms with van der Waals surface area (Å²) >= 11 is 0. The molecule has 0 saturated carbocycles. The Morgan fingerprint density at radius 2 is 2.07 bits per heavy atom. The fourth-order valence-corrected chi connectivity index (χ4v) is 3.33. The van der Waals surface area contributed by atoms with Crippen molar-refractivity contribution in [2.24, 2.45) is 0 Å². The molecule has 7 nitrogen and oxygen atoms in total. The third kappa shape index (κ3) is 3.62. The van der Waals surface area contributed by atoms with Crippen molar-refractivity contribution in [3.8, 4) is 16.9 Å². The number of carbonyl (C=O) groups is 2. The molecule has 0 unspecified atom stereocenters. The molecule has 1 saturated heterocycles. The highest BCUT2D eigenvalue weighted by atomic mass is 19.4. The van der Waals surface area contributed by atoms with E-state index in [9.17, 15) is 27.2 Å². The van der Waals surface area contributed by atoms with Crippen LogP contribution in [0, 0.1) is 5.82 Å². The zero-order valence-electron chi connectivity index (χ0n) is 15.5. The number of fused-ring (bicyclic) bond motifs is 2. The summed E-state index contributed by atoms with van der Waals surface area (Å²) in [5.41, 5.74) is -0.446. The van der Waals surface area contributed by atoms with Gasteiger partial charge >= 0.3 is 12.3 Å². The maximum atomic E-state index is 14.7. The van der Waals surface area contributed by atoms with Gasteiger partial charge in [0, 0.05) is 35.9 Å². The Morgan fingerprint density at radius 1 is 1.30 bits per heavy atom. The van der Waals surface area contributed by atoms with Crippen LogP contribution >= 0.6 is 0 Å². The van der Waals surface area contributed by atoms with Gasteiger partial charge in [0.1, 0.15) is 17.3 Å². The molecule has 2 amide bonds. The number of nitrogens with one attached hydrogen (secondary N) is 1. The van der Waals surface area contributed by atoms with Crippen LogP contribution in [0.2, 0.25) is 0 Å². The van der Waals surface area contributed by atoms with Crippen LogP contribution in [-0.4, -0.2) is 40.8 Å². The number of halogens is 4. The second kappa shape index (κ2) is 7.15. The van der Waals surface area contributed by atoms with Crippen LogP contribution < -0.4 is 10.1 Å². The topological polar surface area (TPSA) is 80.8 Å². The Labute approximate surface area is 167 Å². The van der Waals surface area contributed by atoms with Gasteiger partial charge < -0.3 is 14.8 Å². The van der Waals surface area contributed by atoms with E-state index in [4.69, 9.17) is 9.47 Å². The molecule has 1 aromatic carbocycles. The van der Waals surface area contributed by atoms with Crippen molar-refractivity contribution in [1.82, 2.24) is 15.2 Å². The number of nitrogens with zero attached hydrogens (tertiary/aromatic N) is 2. The lowest BCUT2D eigenvalue weighted by molar-refractivity contribution is -0.141. The SMILES string of the molecule is CC(=O)NC[C@@H]1OC(=O)N2Cc3cc(-c4ccc(C(F)(F)F)nc4)c(F)cc3O[C@@H]12. The first-order valence-corrected chi connectivity index (χ1v) is 8.88. The largest absolute Gasteiger partial charge is 0.466 e. The van der Waals surface area contributed by atoms with Crippen LogP contribution in [0.25, 0.3) is 11.1 Å². The second-order valence-corrected chi connectivity index (χ2v) is 6.87. The number of aromatic nitrogens is 1. The Bertz CT molecular complexity index is 1010. The van der Waals surface area contributed by atoms with Gasteiger partial charge in [-0.15, -0.1) is 0 Å². The number of amides is 2. The van der Waals surface area contributed by atoms with Crippen molar-refractivity contribution in [3.63, 3.8) is 0 Å². The number of rotatable bonds is 3. The van der Waals surface area contributed by atoms with Crippen LogP contribution in [-0.2, 0) is 22.3 Å². The van der Waals surface area contributed by atoms with E-state index >= 15 is 0 Å². The van der Waals surface area contributed by atoms with E-state index in [1.54, 1.807) is 0 Å². The average molecular weight is 425 g/mol. The highest BCUT2D eigenvalue weighted by Crippen LogP contribution is 2.38. The molecule has 0 spiro atoms. The quantitative estimate of drug-likeness (QED) is 0.765. The van der Waals surface area contributed by atoms with Crippen LogP contribution in [0.15, 0.2) is 30.5 Å². The molecule has 11 heteroatoms. The highest BCUT2D eigenvalue weighted by molar-refractivity contribution is 5.74. The van der Waals surface area contributed by atoms with Crippen LogP contribution in [0.3, 0.4) is 0 Å². The summed E-state index contributed by atoms with van der Waals surface area (Å²) in [6, 6.07) is 4.41. The maximum absolute atomic E-state index is 14.7. The van der Waals surface area contributed by atoms with Gasteiger partial charge in [-0.2, -0.15) is 13.2 Å². The van der Waals surface area contributed by atoms with E-state index in [1.165, 1.54) is 17.9 Å². The van der Waals surface area contributed by atoms with Gasteiger partial charge in [-0.05, 0) is 12.1 Å². The van der Waals surface area contributed by atoms with Crippen molar-refractivity contribution < 1.29 is 36.6 Å². The molecule has 1 N–H and O–H groups in total. The Hall–Kier alpha value is -3.37. The molecule has 0 radical (unpaired) electrons. The van der Waals surface area contributed by atoms with E-state index in [0.717, 1.165) is 24.4 Å². The third-order valence-electron chi connectivity index (χ3n) is 4.77. The molecule has 1 aromatic heterocycles. The molecule has 0 bridgehead atoms. The smallest absolute Gasteiger partial charge is 0.433 e. The Morgan fingerprint density at radius 3 is 2.70 bits per heavy atom. The average Bonchev–Trinajstić information content (AvgIpc) is 2.98. The van der Waals surface area contributed by atoms with Gasteiger partial charge in [0.15, 0.2) is 6.10 Å². The number of benzene rings is 1. The number of ether oxygens (including phenoxy) is 2. The first-order valence-electron chi connectivity index (χ1n) is 8.88. The molecule has 2 aromatic rings. The van der Waals surface area contributed by atoms with E-state index in [-0.39, 0.29) is 35.9 Å². The summed E-state index contributed by atoms with van der Waals surface area (Å²) in [7, 11) is 0. The summed E-state index contributed by atoms with van der Waals surface area (Å²) in [6.07, 6.45) is -5.91. The lowest BCUT2D eigenvalue weighted by Gasteiger charge is -2.31. The summed E-state index contributed by atoms with van der Waals surface area (Å²) in [5.74, 6) is -0.836. The molecule has 0 aliphatic carbocycles. The van der Waals surface area contributed by atoms with Gasteiger partial charge in [0.05, 0.1) is 13.1 Å². The number of pyridine rings is 1. The molecule has 3 heterocycles. The van der Waals surface area contributed by atoms with Crippen molar-refractivity contribution in [1.29, 1.82) is 0 Å². The van der Waals surface area contributed by atoms with Crippen molar-refractivity contribution in [2.75, 3.05) is 6.54 Å². The molecule has 158 valence electrons. The number of carbonyl (C=O) groups excluding carboxylic acids is 2. The fraction of sp³-hybridized carbons (Fsp3) is 0.316. The van der Waals surface area contributed by atoms with Crippen molar-refractivity contribution in [3.05, 3.63) is 47.5 Å². The van der Waals surface area contributed by atoms with E-state index < -0.39 is 36.1 Å². The maximum Gasteiger partial charge on any atom is 0.433 e. The Balaban J connectivity index is 1.61. The number of hydrogen-bond acceptors (Lipinski definition) is 5. The van der Waals surface area contributed by atoms with Crippen LogP contribution in [0.5, 0.6) is 5.75 Å². The van der Waals surface area contributed by atoms with Crippen LogP contribution in [0.1, 0.15) is 18.2 Å². The zero-order chi connectivity index (χ0) is 21.6. The lowest BCUT2D eigenvalue weighted by Crippen LogP contribution is -2.47. The van der Waals surface area contributed by atoms with Crippen molar-refractivity contribution >= 4 is 12.0 Å². The molecule has 2 aliphatic rings. The molecule has 4 rings (SSSR count). The summed E-state index contributed by atoms with van der Waals surface area (Å²) in [6.45, 7) is 1.41. The predicted octanol–water partition coefficient (Wildman–Crippen LogP) is 3.08. The minimum Gasteiger partial charge on any atom is -0.466 e. The Kier molecular flexibility index (Phi) is 4.75. The normalized spacial score (nSPS) is 20.2. The van der Waals surface area contributed by atoms with Gasteiger partial charge in [-0.1, -0.05) is 6.07 Å². The molecular formula is C19H15F4N3O4. The molecule has 2 atom stereocenters. The monoisotopic (exact) mass is 425 g/mol. The van der Waals surface area contributed by atoms with Gasteiger partial charge in [-0.25, -0.2) is 9.18 Å². The lowest BCUT2D eigenvalue weighted by atomic mass is 10.0. The van der Waals surface area contributed by atoms with Gasteiger partial charge in [0.2, 0.25) is 12.1 Å². The molecule has 30 heavy (non-hydrogen) atoms. The predicted molar refractivity (Wildman–Crippen MR) is 93.5 cm³/mol. The fourth-order valence-electron chi connectivity index (χ4n) is 3.33. The van der Waals surface area contributed by atoms with E-state index in [2.05, 4.69) is 10.3 Å². The summed E-state index contributed by atoms with van der Waals surface area (Å²) in [5, 5.41) is 2.54.